The maximum Gasteiger partial charge on any atom is 0.332 e. The lowest BCUT2D eigenvalue weighted by Crippen LogP contribution is -2.38. The molecular formula is C20H24N4O2. The molecule has 0 N–H and O–H groups in total. The highest BCUT2D eigenvalue weighted by atomic mass is 16.2. The van der Waals surface area contributed by atoms with Crippen LogP contribution in [-0.4, -0.2) is 18.7 Å². The summed E-state index contributed by atoms with van der Waals surface area (Å²) in [6, 6.07) is 8.75. The van der Waals surface area contributed by atoms with Crippen LogP contribution in [0.5, 0.6) is 0 Å². The van der Waals surface area contributed by atoms with Gasteiger partial charge < -0.3 is 4.57 Å². The molecule has 0 bridgehead atoms. The van der Waals surface area contributed by atoms with Crippen LogP contribution in [0.25, 0.3) is 11.2 Å². The van der Waals surface area contributed by atoms with Gasteiger partial charge in [0.1, 0.15) is 0 Å². The van der Waals surface area contributed by atoms with E-state index < -0.39 is 0 Å². The van der Waals surface area contributed by atoms with Gasteiger partial charge in [0.15, 0.2) is 11.2 Å². The molecule has 2 aromatic heterocycles. The fourth-order valence-corrected chi connectivity index (χ4v) is 3.96. The Morgan fingerprint density at radius 3 is 2.38 bits per heavy atom. The Labute approximate surface area is 151 Å². The van der Waals surface area contributed by atoms with E-state index in [0.29, 0.717) is 23.0 Å². The lowest BCUT2D eigenvalue weighted by atomic mass is 9.70. The summed E-state index contributed by atoms with van der Waals surface area (Å²) in [4.78, 5) is 28.9. The first-order chi connectivity index (χ1) is 12.5. The van der Waals surface area contributed by atoms with Gasteiger partial charge in [0.2, 0.25) is 0 Å². The van der Waals surface area contributed by atoms with Gasteiger partial charge in [-0.15, -0.1) is 0 Å². The molecule has 4 rings (SSSR count). The second kappa shape index (κ2) is 6.27. The van der Waals surface area contributed by atoms with Crippen LogP contribution >= 0.6 is 0 Å². The number of aryl methyl sites for hydroxylation is 2. The van der Waals surface area contributed by atoms with Crippen molar-refractivity contribution in [3.05, 3.63) is 62.6 Å². The summed E-state index contributed by atoms with van der Waals surface area (Å²) < 4.78 is 4.53. The molecular weight excluding hydrogens is 328 g/mol. The van der Waals surface area contributed by atoms with Crippen molar-refractivity contribution in [1.82, 2.24) is 18.7 Å². The van der Waals surface area contributed by atoms with Gasteiger partial charge in [0, 0.05) is 20.6 Å². The predicted molar refractivity (Wildman–Crippen MR) is 101 cm³/mol. The van der Waals surface area contributed by atoms with E-state index >= 15 is 0 Å². The lowest BCUT2D eigenvalue weighted by molar-refractivity contribution is 0.153. The molecule has 6 heteroatoms. The molecule has 0 saturated heterocycles. The zero-order valence-corrected chi connectivity index (χ0v) is 15.5. The molecule has 136 valence electrons. The van der Waals surface area contributed by atoms with E-state index in [-0.39, 0.29) is 11.2 Å². The van der Waals surface area contributed by atoms with Gasteiger partial charge in [-0.1, -0.05) is 29.8 Å². The number of nitrogens with zero attached hydrogens (tertiary/aromatic N) is 4. The zero-order chi connectivity index (χ0) is 18.4. The molecule has 1 saturated carbocycles. The van der Waals surface area contributed by atoms with Crippen LogP contribution in [0.3, 0.4) is 0 Å². The summed E-state index contributed by atoms with van der Waals surface area (Å²) in [7, 11) is 3.18. The Hall–Kier alpha value is -2.63. The van der Waals surface area contributed by atoms with Gasteiger partial charge in [-0.2, -0.15) is 0 Å². The van der Waals surface area contributed by atoms with Crippen molar-refractivity contribution in [3.8, 4) is 0 Å². The maximum atomic E-state index is 12.6. The topological polar surface area (TPSA) is 61.8 Å². The number of aromatic nitrogens is 4. The Morgan fingerprint density at radius 1 is 1.04 bits per heavy atom. The molecule has 0 aliphatic heterocycles. The average molecular weight is 352 g/mol. The molecule has 3 aromatic rings. The highest BCUT2D eigenvalue weighted by Gasteiger charge is 2.31. The third-order valence-corrected chi connectivity index (χ3v) is 5.84. The van der Waals surface area contributed by atoms with Gasteiger partial charge >= 0.3 is 5.69 Å². The predicted octanol–water partition coefficient (Wildman–Crippen LogP) is 2.01. The zero-order valence-electron chi connectivity index (χ0n) is 15.5. The van der Waals surface area contributed by atoms with Gasteiger partial charge in [-0.3, -0.25) is 13.9 Å². The van der Waals surface area contributed by atoms with Crippen molar-refractivity contribution in [2.75, 3.05) is 0 Å². The van der Waals surface area contributed by atoms with E-state index in [2.05, 4.69) is 36.2 Å². The molecule has 2 unspecified atom stereocenters. The van der Waals surface area contributed by atoms with E-state index in [1.165, 1.54) is 35.6 Å². The van der Waals surface area contributed by atoms with Crippen LogP contribution in [0.1, 0.15) is 24.0 Å². The quantitative estimate of drug-likeness (QED) is 0.722. The first-order valence-electron chi connectivity index (χ1n) is 9.12. The molecule has 6 nitrogen and oxygen atoms in total. The molecule has 1 aliphatic carbocycles. The fraction of sp³-hybridized carbons (Fsp3) is 0.450. The number of hydrogen-bond donors (Lipinski definition) is 0. The van der Waals surface area contributed by atoms with Crippen molar-refractivity contribution < 1.29 is 0 Å². The number of hydrogen-bond acceptors (Lipinski definition) is 3. The second-order valence-corrected chi connectivity index (χ2v) is 7.56. The van der Waals surface area contributed by atoms with Gasteiger partial charge in [-0.25, -0.2) is 9.78 Å². The van der Waals surface area contributed by atoms with Gasteiger partial charge in [0.25, 0.3) is 5.56 Å². The SMILES string of the molecule is Cc1ccc(CC2CCC2Cn2cnc3c2c(=O)n(C)c(=O)n3C)cc1. The standard InChI is InChI=1S/C20H24N4O2/c1-13-4-6-14(7-5-13)10-15-8-9-16(15)11-24-12-21-18-17(24)19(25)23(3)20(26)22(18)2/h4-7,12,15-16H,8-11H2,1-3H3. The number of fused-ring (bicyclic) bond motifs is 1. The summed E-state index contributed by atoms with van der Waals surface area (Å²) in [5.41, 5.74) is 3.04. The molecule has 1 fully saturated rings. The van der Waals surface area contributed by atoms with Crippen molar-refractivity contribution >= 4 is 11.2 Å². The van der Waals surface area contributed by atoms with Crippen LogP contribution in [0, 0.1) is 18.8 Å². The van der Waals surface area contributed by atoms with Crippen molar-refractivity contribution in [2.24, 2.45) is 25.9 Å². The largest absolute Gasteiger partial charge is 0.332 e. The third-order valence-electron chi connectivity index (χ3n) is 5.84. The second-order valence-electron chi connectivity index (χ2n) is 7.56. The Morgan fingerprint density at radius 2 is 1.73 bits per heavy atom. The van der Waals surface area contributed by atoms with Gasteiger partial charge in [-0.05, 0) is 43.6 Å². The van der Waals surface area contributed by atoms with Crippen molar-refractivity contribution in [1.29, 1.82) is 0 Å². The summed E-state index contributed by atoms with van der Waals surface area (Å²) in [6.07, 6.45) is 5.17. The molecule has 0 amide bonds. The lowest BCUT2D eigenvalue weighted by Gasteiger charge is -2.37. The third kappa shape index (κ3) is 2.69. The van der Waals surface area contributed by atoms with Crippen LogP contribution in [0.4, 0.5) is 0 Å². The number of imidazole rings is 1. The van der Waals surface area contributed by atoms with Crippen molar-refractivity contribution in [3.63, 3.8) is 0 Å². The van der Waals surface area contributed by atoms with Gasteiger partial charge in [0.05, 0.1) is 6.33 Å². The summed E-state index contributed by atoms with van der Waals surface area (Å²) in [5, 5.41) is 0. The monoisotopic (exact) mass is 352 g/mol. The number of rotatable bonds is 4. The summed E-state index contributed by atoms with van der Waals surface area (Å²) in [5.74, 6) is 1.17. The normalized spacial score (nSPS) is 19.7. The summed E-state index contributed by atoms with van der Waals surface area (Å²) in [6.45, 7) is 2.88. The minimum Gasteiger partial charge on any atom is -0.324 e. The highest BCUT2D eigenvalue weighted by Crippen LogP contribution is 2.38. The van der Waals surface area contributed by atoms with Crippen molar-refractivity contribution in [2.45, 2.75) is 32.7 Å². The van der Waals surface area contributed by atoms with E-state index in [0.717, 1.165) is 17.5 Å². The minimum absolute atomic E-state index is 0.269. The van der Waals surface area contributed by atoms with E-state index in [1.54, 1.807) is 13.4 Å². The van der Waals surface area contributed by atoms with E-state index in [4.69, 9.17) is 0 Å². The Balaban J connectivity index is 1.59. The average Bonchev–Trinajstić information content (AvgIpc) is 3.05. The Kier molecular flexibility index (Phi) is 4.05. The van der Waals surface area contributed by atoms with Crippen LogP contribution in [-0.2, 0) is 27.1 Å². The molecule has 0 spiro atoms. The first-order valence-corrected chi connectivity index (χ1v) is 9.12. The van der Waals surface area contributed by atoms with Crippen LogP contribution < -0.4 is 11.2 Å². The molecule has 26 heavy (non-hydrogen) atoms. The molecule has 2 heterocycles. The first kappa shape index (κ1) is 16.8. The molecule has 0 radical (unpaired) electrons. The highest BCUT2D eigenvalue weighted by molar-refractivity contribution is 5.69. The number of benzene rings is 1. The minimum atomic E-state index is -0.339. The van der Waals surface area contributed by atoms with E-state index in [1.807, 2.05) is 4.57 Å². The maximum absolute atomic E-state index is 12.6. The molecule has 2 atom stereocenters. The molecule has 1 aromatic carbocycles. The van der Waals surface area contributed by atoms with Crippen LogP contribution in [0.15, 0.2) is 40.2 Å². The fourth-order valence-electron chi connectivity index (χ4n) is 3.96. The van der Waals surface area contributed by atoms with E-state index in [9.17, 15) is 9.59 Å². The Bertz CT molecular complexity index is 1070. The molecule has 1 aliphatic rings. The smallest absolute Gasteiger partial charge is 0.324 e. The van der Waals surface area contributed by atoms with Crippen LogP contribution in [0.2, 0.25) is 0 Å². The summed E-state index contributed by atoms with van der Waals surface area (Å²) >= 11 is 0.